The molecule has 3 aromatic rings. The van der Waals surface area contributed by atoms with Crippen LogP contribution in [0.2, 0.25) is 0 Å². The lowest BCUT2D eigenvalue weighted by molar-refractivity contribution is -0.385. The van der Waals surface area contributed by atoms with Gasteiger partial charge in [0.15, 0.2) is 0 Å². The maximum Gasteiger partial charge on any atom is 0.287 e. The molecule has 0 amide bonds. The van der Waals surface area contributed by atoms with Crippen LogP contribution in [0.3, 0.4) is 0 Å². The second-order valence-electron chi connectivity index (χ2n) is 5.93. The molecule has 0 saturated carbocycles. The Bertz CT molecular complexity index is 1100. The number of rotatable bonds is 8. The summed E-state index contributed by atoms with van der Waals surface area (Å²) >= 11 is 3.43. The molecule has 0 fully saturated rings. The van der Waals surface area contributed by atoms with Gasteiger partial charge in [-0.3, -0.25) is 25.7 Å². The largest absolute Gasteiger partial charge is 0.488 e. The molecule has 0 unspecified atom stereocenters. The molecular formula is C19H14BrN5O5. The van der Waals surface area contributed by atoms with Crippen molar-refractivity contribution in [1.82, 2.24) is 4.98 Å². The number of nitro benzene ring substituents is 1. The minimum absolute atomic E-state index is 0.0109. The zero-order valence-electron chi connectivity index (χ0n) is 15.3. The Morgan fingerprint density at radius 3 is 2.53 bits per heavy atom. The minimum atomic E-state index is -0.528. The molecule has 0 radical (unpaired) electrons. The Kier molecular flexibility index (Phi) is 6.65. The van der Waals surface area contributed by atoms with E-state index in [1.165, 1.54) is 24.3 Å². The molecular weight excluding hydrogens is 458 g/mol. The van der Waals surface area contributed by atoms with Crippen LogP contribution in [0.5, 0.6) is 5.75 Å². The van der Waals surface area contributed by atoms with E-state index in [9.17, 15) is 20.2 Å². The van der Waals surface area contributed by atoms with E-state index >= 15 is 0 Å². The van der Waals surface area contributed by atoms with Crippen LogP contribution in [0.4, 0.5) is 17.2 Å². The smallest absolute Gasteiger partial charge is 0.287 e. The van der Waals surface area contributed by atoms with Gasteiger partial charge in [0.1, 0.15) is 24.4 Å². The number of hydrogen-bond donors (Lipinski definition) is 1. The van der Waals surface area contributed by atoms with Gasteiger partial charge in [-0.2, -0.15) is 5.10 Å². The summed E-state index contributed by atoms with van der Waals surface area (Å²) in [7, 11) is 0. The molecule has 152 valence electrons. The molecule has 0 aliphatic carbocycles. The second kappa shape index (κ2) is 9.56. The van der Waals surface area contributed by atoms with Gasteiger partial charge >= 0.3 is 0 Å². The molecule has 3 rings (SSSR count). The fourth-order valence-corrected chi connectivity index (χ4v) is 2.88. The SMILES string of the molecule is O=[N+]([O-])c1ccc(N/N=C/c2ccc(OCc3cccc([N+](=O)[O-])c3)c(Br)c2)nc1. The first-order valence-corrected chi connectivity index (χ1v) is 9.27. The molecule has 0 bridgehead atoms. The van der Waals surface area contributed by atoms with Crippen LogP contribution >= 0.6 is 15.9 Å². The molecule has 1 N–H and O–H groups in total. The summed E-state index contributed by atoms with van der Waals surface area (Å²) < 4.78 is 6.41. The molecule has 1 heterocycles. The van der Waals surface area contributed by atoms with E-state index in [-0.39, 0.29) is 18.0 Å². The number of anilines is 1. The molecule has 2 aromatic carbocycles. The van der Waals surface area contributed by atoms with Gasteiger partial charge in [-0.05, 0) is 51.3 Å². The molecule has 1 aromatic heterocycles. The standard InChI is InChI=1S/C19H14BrN5O5/c20-17-9-13(10-22-23-19-7-5-16(11-21-19)25(28)29)4-6-18(17)30-12-14-2-1-3-15(8-14)24(26)27/h1-11H,12H2,(H,21,23)/b22-10+. The van der Waals surface area contributed by atoms with E-state index in [1.807, 2.05) is 0 Å². The summed E-state index contributed by atoms with van der Waals surface area (Å²) in [5, 5.41) is 25.5. The van der Waals surface area contributed by atoms with Crippen LogP contribution in [-0.2, 0) is 6.61 Å². The summed E-state index contributed by atoms with van der Waals surface area (Å²) in [6.07, 6.45) is 2.69. The molecule has 0 aliphatic heterocycles. The predicted octanol–water partition coefficient (Wildman–Crippen LogP) is 4.69. The molecule has 0 spiro atoms. The zero-order chi connectivity index (χ0) is 21.5. The minimum Gasteiger partial charge on any atom is -0.488 e. The summed E-state index contributed by atoms with van der Waals surface area (Å²) in [5.41, 5.74) is 4.04. The lowest BCUT2D eigenvalue weighted by Crippen LogP contribution is -1.98. The molecule has 0 saturated heterocycles. The first-order valence-electron chi connectivity index (χ1n) is 8.47. The van der Waals surface area contributed by atoms with Crippen LogP contribution in [-0.4, -0.2) is 21.0 Å². The summed E-state index contributed by atoms with van der Waals surface area (Å²) in [6.45, 7) is 0.182. The number of non-ortho nitro benzene ring substituents is 1. The van der Waals surface area contributed by atoms with E-state index in [0.29, 0.717) is 21.6 Å². The van der Waals surface area contributed by atoms with E-state index in [1.54, 1.807) is 36.5 Å². The number of benzene rings is 2. The number of hydrazone groups is 1. The third-order valence-corrected chi connectivity index (χ3v) is 4.44. The van der Waals surface area contributed by atoms with Gasteiger partial charge in [0.05, 0.1) is 20.5 Å². The van der Waals surface area contributed by atoms with Crippen molar-refractivity contribution in [3.05, 3.63) is 96.6 Å². The number of nitrogens with zero attached hydrogens (tertiary/aromatic N) is 4. The van der Waals surface area contributed by atoms with E-state index in [2.05, 4.69) is 31.4 Å². The van der Waals surface area contributed by atoms with Crippen molar-refractivity contribution in [2.75, 3.05) is 5.43 Å². The van der Waals surface area contributed by atoms with E-state index < -0.39 is 9.85 Å². The Labute approximate surface area is 178 Å². The van der Waals surface area contributed by atoms with Crippen molar-refractivity contribution in [2.45, 2.75) is 6.61 Å². The summed E-state index contributed by atoms with van der Waals surface area (Å²) in [5.74, 6) is 0.941. The molecule has 11 heteroatoms. The van der Waals surface area contributed by atoms with Gasteiger partial charge in [0.2, 0.25) is 0 Å². The number of hydrogen-bond acceptors (Lipinski definition) is 8. The first-order chi connectivity index (χ1) is 14.4. The molecule has 0 atom stereocenters. The monoisotopic (exact) mass is 471 g/mol. The highest BCUT2D eigenvalue weighted by atomic mass is 79.9. The number of ether oxygens (including phenoxy) is 1. The number of nitro groups is 2. The number of aromatic nitrogens is 1. The highest BCUT2D eigenvalue weighted by Gasteiger charge is 2.08. The normalized spacial score (nSPS) is 10.7. The van der Waals surface area contributed by atoms with Crippen LogP contribution in [0.25, 0.3) is 0 Å². The second-order valence-corrected chi connectivity index (χ2v) is 6.79. The van der Waals surface area contributed by atoms with E-state index in [4.69, 9.17) is 4.74 Å². The highest BCUT2D eigenvalue weighted by molar-refractivity contribution is 9.10. The van der Waals surface area contributed by atoms with Crippen molar-refractivity contribution in [3.8, 4) is 5.75 Å². The Morgan fingerprint density at radius 1 is 1.07 bits per heavy atom. The Morgan fingerprint density at radius 2 is 1.87 bits per heavy atom. The maximum absolute atomic E-state index is 10.8. The zero-order valence-corrected chi connectivity index (χ0v) is 16.9. The predicted molar refractivity (Wildman–Crippen MR) is 114 cm³/mol. The molecule has 10 nitrogen and oxygen atoms in total. The average molecular weight is 472 g/mol. The fourth-order valence-electron chi connectivity index (χ4n) is 2.37. The summed E-state index contributed by atoms with van der Waals surface area (Å²) in [4.78, 5) is 24.4. The van der Waals surface area contributed by atoms with Crippen molar-refractivity contribution in [1.29, 1.82) is 0 Å². The maximum atomic E-state index is 10.8. The number of pyridine rings is 1. The lowest BCUT2D eigenvalue weighted by Gasteiger charge is -2.09. The quantitative estimate of drug-likeness (QED) is 0.286. The third kappa shape index (κ3) is 5.58. The van der Waals surface area contributed by atoms with Crippen LogP contribution in [0, 0.1) is 20.2 Å². The van der Waals surface area contributed by atoms with Gasteiger partial charge < -0.3 is 4.74 Å². The van der Waals surface area contributed by atoms with Crippen LogP contribution < -0.4 is 10.2 Å². The molecule has 30 heavy (non-hydrogen) atoms. The van der Waals surface area contributed by atoms with Gasteiger partial charge in [0.25, 0.3) is 11.4 Å². The van der Waals surface area contributed by atoms with Crippen LogP contribution in [0.1, 0.15) is 11.1 Å². The highest BCUT2D eigenvalue weighted by Crippen LogP contribution is 2.27. The Balaban J connectivity index is 1.59. The van der Waals surface area contributed by atoms with Crippen LogP contribution in [0.15, 0.2) is 70.4 Å². The van der Waals surface area contributed by atoms with Crippen molar-refractivity contribution in [2.24, 2.45) is 5.10 Å². The van der Waals surface area contributed by atoms with Gasteiger partial charge in [-0.15, -0.1) is 0 Å². The first kappa shape index (κ1) is 20.9. The van der Waals surface area contributed by atoms with Gasteiger partial charge in [-0.25, -0.2) is 4.98 Å². The van der Waals surface area contributed by atoms with Crippen molar-refractivity contribution < 1.29 is 14.6 Å². The Hall–Kier alpha value is -3.86. The topological polar surface area (TPSA) is 133 Å². The van der Waals surface area contributed by atoms with Gasteiger partial charge in [-0.1, -0.05) is 12.1 Å². The molecule has 0 aliphatic rings. The number of halogens is 1. The fraction of sp³-hybridized carbons (Fsp3) is 0.0526. The number of nitrogens with one attached hydrogen (secondary N) is 1. The summed E-state index contributed by atoms with van der Waals surface area (Å²) in [6, 6.07) is 14.3. The van der Waals surface area contributed by atoms with E-state index in [0.717, 1.165) is 11.8 Å². The van der Waals surface area contributed by atoms with Crippen molar-refractivity contribution >= 4 is 39.3 Å². The van der Waals surface area contributed by atoms with Crippen molar-refractivity contribution in [3.63, 3.8) is 0 Å². The average Bonchev–Trinajstić information content (AvgIpc) is 2.73. The lowest BCUT2D eigenvalue weighted by atomic mass is 10.2. The van der Waals surface area contributed by atoms with Gasteiger partial charge in [0, 0.05) is 18.2 Å². The third-order valence-electron chi connectivity index (χ3n) is 3.82.